The van der Waals surface area contributed by atoms with E-state index in [1.54, 1.807) is 11.3 Å². The van der Waals surface area contributed by atoms with Crippen molar-refractivity contribution in [1.82, 2.24) is 0 Å². The number of hydrogen-bond acceptors (Lipinski definition) is 1. The lowest BCUT2D eigenvalue weighted by molar-refractivity contribution is 0.498. The molecule has 0 saturated heterocycles. The Morgan fingerprint density at radius 1 is 1.43 bits per heavy atom. The van der Waals surface area contributed by atoms with Gasteiger partial charge in [0.1, 0.15) is 0 Å². The molecule has 1 aromatic rings. The predicted molar refractivity (Wildman–Crippen MR) is 67.2 cm³/mol. The second-order valence-corrected chi connectivity index (χ2v) is 7.02. The number of alkyl halides is 1. The largest absolute Gasteiger partial charge is 0.132 e. The van der Waals surface area contributed by atoms with Gasteiger partial charge in [-0.25, -0.2) is 0 Å². The van der Waals surface area contributed by atoms with Crippen LogP contribution in [0.25, 0.3) is 0 Å². The second-order valence-electron chi connectivity index (χ2n) is 4.00. The average molecular weight is 294 g/mol. The maximum Gasteiger partial charge on any atom is 0.0701 e. The standard InChI is InChI=1S/C11H14BrClS/c12-11-6-5-10(14-11)9(13)7-8-3-1-2-4-8/h5-6,8-9H,1-4,7H2. The van der Waals surface area contributed by atoms with Crippen LogP contribution in [0.2, 0.25) is 0 Å². The van der Waals surface area contributed by atoms with Crippen molar-refractivity contribution in [2.45, 2.75) is 37.5 Å². The normalized spacial score (nSPS) is 20.1. The van der Waals surface area contributed by atoms with Gasteiger partial charge in [-0.05, 0) is 40.4 Å². The molecular formula is C11H14BrClS. The summed E-state index contributed by atoms with van der Waals surface area (Å²) in [6, 6.07) is 4.23. The molecule has 0 aliphatic heterocycles. The molecule has 1 fully saturated rings. The Kier molecular flexibility index (Phi) is 3.92. The van der Waals surface area contributed by atoms with Crippen LogP contribution in [0.3, 0.4) is 0 Å². The lowest BCUT2D eigenvalue weighted by Gasteiger charge is -2.12. The molecule has 1 heterocycles. The van der Waals surface area contributed by atoms with Gasteiger partial charge in [-0.2, -0.15) is 0 Å². The van der Waals surface area contributed by atoms with E-state index in [2.05, 4.69) is 28.1 Å². The molecule has 3 heteroatoms. The van der Waals surface area contributed by atoms with Crippen molar-refractivity contribution in [3.63, 3.8) is 0 Å². The Morgan fingerprint density at radius 2 is 2.14 bits per heavy atom. The zero-order chi connectivity index (χ0) is 9.97. The van der Waals surface area contributed by atoms with E-state index in [-0.39, 0.29) is 5.38 Å². The highest BCUT2D eigenvalue weighted by Crippen LogP contribution is 2.39. The average Bonchev–Trinajstić information content (AvgIpc) is 2.75. The van der Waals surface area contributed by atoms with Crippen molar-refractivity contribution < 1.29 is 0 Å². The predicted octanol–water partition coefficient (Wildman–Crippen LogP) is 5.37. The molecule has 1 unspecified atom stereocenters. The van der Waals surface area contributed by atoms with Crippen LogP contribution in [0.5, 0.6) is 0 Å². The van der Waals surface area contributed by atoms with Gasteiger partial charge in [-0.3, -0.25) is 0 Å². The molecule has 0 aromatic carbocycles. The zero-order valence-corrected chi connectivity index (χ0v) is 11.2. The summed E-state index contributed by atoms with van der Waals surface area (Å²) in [5.41, 5.74) is 0. The summed E-state index contributed by atoms with van der Waals surface area (Å²) in [5.74, 6) is 0.873. The minimum Gasteiger partial charge on any atom is -0.132 e. The van der Waals surface area contributed by atoms with Gasteiger partial charge in [0.2, 0.25) is 0 Å². The van der Waals surface area contributed by atoms with E-state index in [0.717, 1.165) is 12.3 Å². The lowest BCUT2D eigenvalue weighted by atomic mass is 10.0. The van der Waals surface area contributed by atoms with Gasteiger partial charge in [0.05, 0.1) is 9.16 Å². The minimum absolute atomic E-state index is 0.231. The lowest BCUT2D eigenvalue weighted by Crippen LogP contribution is -1.97. The van der Waals surface area contributed by atoms with E-state index in [1.165, 1.54) is 34.3 Å². The minimum atomic E-state index is 0.231. The first-order valence-corrected chi connectivity index (χ1v) is 7.19. The molecule has 1 atom stereocenters. The van der Waals surface area contributed by atoms with Gasteiger partial charge in [0, 0.05) is 4.88 Å². The number of rotatable bonds is 3. The molecule has 0 nitrogen and oxygen atoms in total. The highest BCUT2D eigenvalue weighted by Gasteiger charge is 2.20. The monoisotopic (exact) mass is 292 g/mol. The molecule has 0 bridgehead atoms. The molecular weight excluding hydrogens is 280 g/mol. The Bertz CT molecular complexity index is 291. The van der Waals surface area contributed by atoms with Gasteiger partial charge in [-0.1, -0.05) is 25.7 Å². The van der Waals surface area contributed by atoms with Crippen molar-refractivity contribution in [1.29, 1.82) is 0 Å². The summed E-state index contributed by atoms with van der Waals surface area (Å²) in [6.07, 6.45) is 6.74. The second kappa shape index (κ2) is 5.00. The molecule has 78 valence electrons. The molecule has 1 aliphatic carbocycles. The van der Waals surface area contributed by atoms with E-state index in [4.69, 9.17) is 11.6 Å². The summed E-state index contributed by atoms with van der Waals surface area (Å²) < 4.78 is 1.18. The molecule has 1 saturated carbocycles. The summed E-state index contributed by atoms with van der Waals surface area (Å²) in [4.78, 5) is 1.31. The van der Waals surface area contributed by atoms with Crippen molar-refractivity contribution in [3.05, 3.63) is 20.8 Å². The van der Waals surface area contributed by atoms with E-state index in [1.807, 2.05) is 0 Å². The van der Waals surface area contributed by atoms with Crippen molar-refractivity contribution in [3.8, 4) is 0 Å². The zero-order valence-electron chi connectivity index (χ0n) is 8.01. The third kappa shape index (κ3) is 2.74. The highest BCUT2D eigenvalue weighted by molar-refractivity contribution is 9.11. The molecule has 0 radical (unpaired) electrons. The van der Waals surface area contributed by atoms with Crippen LogP contribution in [0.4, 0.5) is 0 Å². The van der Waals surface area contributed by atoms with Gasteiger partial charge >= 0.3 is 0 Å². The molecule has 2 rings (SSSR count). The highest BCUT2D eigenvalue weighted by atomic mass is 79.9. The molecule has 0 amide bonds. The number of thiophene rings is 1. The summed E-state index contributed by atoms with van der Waals surface area (Å²) in [5, 5.41) is 0.231. The fourth-order valence-corrected chi connectivity index (χ4v) is 4.02. The topological polar surface area (TPSA) is 0 Å². The van der Waals surface area contributed by atoms with Gasteiger partial charge in [0.15, 0.2) is 0 Å². The fourth-order valence-electron chi connectivity index (χ4n) is 2.15. The third-order valence-electron chi connectivity index (χ3n) is 2.92. The third-order valence-corrected chi connectivity index (χ3v) is 5.20. The SMILES string of the molecule is ClC(CC1CCCC1)c1ccc(Br)s1. The van der Waals surface area contributed by atoms with E-state index in [9.17, 15) is 0 Å². The molecule has 14 heavy (non-hydrogen) atoms. The maximum atomic E-state index is 6.39. The smallest absolute Gasteiger partial charge is 0.0701 e. The first-order chi connectivity index (χ1) is 6.75. The van der Waals surface area contributed by atoms with Gasteiger partial charge in [-0.15, -0.1) is 22.9 Å². The number of hydrogen-bond donors (Lipinski definition) is 0. The van der Waals surface area contributed by atoms with Crippen LogP contribution >= 0.6 is 38.9 Å². The quantitative estimate of drug-likeness (QED) is 0.657. The molecule has 1 aliphatic rings. The van der Waals surface area contributed by atoms with E-state index >= 15 is 0 Å². The van der Waals surface area contributed by atoms with Gasteiger partial charge < -0.3 is 0 Å². The van der Waals surface area contributed by atoms with Crippen LogP contribution in [0.1, 0.15) is 42.4 Å². The Morgan fingerprint density at radius 3 is 2.71 bits per heavy atom. The van der Waals surface area contributed by atoms with Crippen LogP contribution in [0, 0.1) is 5.92 Å². The van der Waals surface area contributed by atoms with Crippen LogP contribution in [-0.4, -0.2) is 0 Å². The molecule has 0 N–H and O–H groups in total. The van der Waals surface area contributed by atoms with E-state index in [0.29, 0.717) is 0 Å². The first-order valence-electron chi connectivity index (χ1n) is 5.15. The van der Waals surface area contributed by atoms with Crippen molar-refractivity contribution in [2.75, 3.05) is 0 Å². The summed E-state index contributed by atoms with van der Waals surface area (Å²) >= 11 is 11.6. The number of halogens is 2. The van der Waals surface area contributed by atoms with Gasteiger partial charge in [0.25, 0.3) is 0 Å². The van der Waals surface area contributed by atoms with Crippen molar-refractivity contribution in [2.24, 2.45) is 5.92 Å². The molecule has 0 spiro atoms. The van der Waals surface area contributed by atoms with Crippen LogP contribution < -0.4 is 0 Å². The maximum absolute atomic E-state index is 6.39. The summed E-state index contributed by atoms with van der Waals surface area (Å²) in [7, 11) is 0. The fraction of sp³-hybridized carbons (Fsp3) is 0.636. The van der Waals surface area contributed by atoms with Crippen molar-refractivity contribution >= 4 is 38.9 Å². The first kappa shape index (κ1) is 11.0. The molecule has 1 aromatic heterocycles. The van der Waals surface area contributed by atoms with E-state index < -0.39 is 0 Å². The Labute approximate surface area is 103 Å². The van der Waals surface area contributed by atoms with Crippen LogP contribution in [-0.2, 0) is 0 Å². The summed E-state index contributed by atoms with van der Waals surface area (Å²) in [6.45, 7) is 0. The Hall–Kier alpha value is 0.470. The van der Waals surface area contributed by atoms with Crippen LogP contribution in [0.15, 0.2) is 15.9 Å². The Balaban J connectivity index is 1.91.